The van der Waals surface area contributed by atoms with Crippen LogP contribution in [0.15, 0.2) is 22.7 Å². The Bertz CT molecular complexity index is 628. The van der Waals surface area contributed by atoms with Crippen LogP contribution in [0, 0.1) is 6.92 Å². The van der Waals surface area contributed by atoms with Crippen molar-refractivity contribution in [3.05, 3.63) is 44.6 Å². The van der Waals surface area contributed by atoms with Crippen molar-refractivity contribution in [2.75, 3.05) is 7.11 Å². The number of benzene rings is 1. The van der Waals surface area contributed by atoms with E-state index in [2.05, 4.69) is 21.0 Å². The van der Waals surface area contributed by atoms with E-state index in [1.807, 2.05) is 14.0 Å². The van der Waals surface area contributed by atoms with Crippen molar-refractivity contribution in [2.45, 2.75) is 19.4 Å². The first kappa shape index (κ1) is 15.4. The predicted molar refractivity (Wildman–Crippen MR) is 82.3 cm³/mol. The molecule has 1 aromatic heterocycles. The molecular weight excluding hydrogens is 344 g/mol. The van der Waals surface area contributed by atoms with Gasteiger partial charge in [0.15, 0.2) is 0 Å². The molecule has 1 aromatic carbocycles. The highest BCUT2D eigenvalue weighted by Crippen LogP contribution is 2.32. The van der Waals surface area contributed by atoms with E-state index in [0.29, 0.717) is 22.8 Å². The topological polar surface area (TPSA) is 47.3 Å². The van der Waals surface area contributed by atoms with Crippen molar-refractivity contribution in [3.63, 3.8) is 0 Å². The van der Waals surface area contributed by atoms with Crippen molar-refractivity contribution in [1.82, 2.24) is 9.78 Å². The van der Waals surface area contributed by atoms with Crippen LogP contribution in [-0.2, 0) is 13.5 Å². The third kappa shape index (κ3) is 3.00. The summed E-state index contributed by atoms with van der Waals surface area (Å²) >= 11 is 9.49. The van der Waals surface area contributed by atoms with E-state index in [0.717, 1.165) is 15.9 Å². The molecule has 0 spiro atoms. The number of ether oxygens (including phenoxy) is 1. The number of methoxy groups -OCH3 is 1. The maximum Gasteiger partial charge on any atom is 0.124 e. The van der Waals surface area contributed by atoms with Crippen molar-refractivity contribution in [2.24, 2.45) is 7.05 Å². The molecule has 2 rings (SSSR count). The quantitative estimate of drug-likeness (QED) is 0.910. The second-order valence-electron chi connectivity index (χ2n) is 4.58. The number of hydrogen-bond donors (Lipinski definition) is 1. The van der Waals surface area contributed by atoms with E-state index in [-0.39, 0.29) is 0 Å². The van der Waals surface area contributed by atoms with Crippen LogP contribution in [0.5, 0.6) is 5.75 Å². The van der Waals surface area contributed by atoms with Crippen LogP contribution in [0.3, 0.4) is 0 Å². The molecule has 6 heteroatoms. The highest BCUT2D eigenvalue weighted by atomic mass is 79.9. The smallest absolute Gasteiger partial charge is 0.124 e. The van der Waals surface area contributed by atoms with Crippen molar-refractivity contribution >= 4 is 27.5 Å². The normalized spacial score (nSPS) is 12.5. The van der Waals surface area contributed by atoms with Gasteiger partial charge in [-0.3, -0.25) is 4.68 Å². The average Bonchev–Trinajstić information content (AvgIpc) is 2.65. The number of nitrogens with zero attached hydrogens (tertiary/aromatic N) is 2. The zero-order chi connectivity index (χ0) is 14.9. The number of halogens is 2. The molecule has 108 valence electrons. The fraction of sp³-hybridized carbons (Fsp3) is 0.357. The Balaban J connectivity index is 2.32. The monoisotopic (exact) mass is 358 g/mol. The molecule has 1 unspecified atom stereocenters. The van der Waals surface area contributed by atoms with Gasteiger partial charge in [-0.1, -0.05) is 11.6 Å². The third-order valence-corrected chi connectivity index (χ3v) is 4.47. The van der Waals surface area contributed by atoms with Crippen LogP contribution in [0.4, 0.5) is 0 Å². The van der Waals surface area contributed by atoms with Gasteiger partial charge in [0.25, 0.3) is 0 Å². The van der Waals surface area contributed by atoms with Crippen molar-refractivity contribution in [1.29, 1.82) is 0 Å². The van der Waals surface area contributed by atoms with Gasteiger partial charge >= 0.3 is 0 Å². The maximum absolute atomic E-state index is 10.5. The standard InChI is InChI=1S/C14H16BrClN2O2/c1-8-14(15)11(18(2)17-8)7-12(19)10-6-9(16)4-5-13(10)20-3/h4-6,12,19H,7H2,1-3H3. The molecule has 1 atom stereocenters. The van der Waals surface area contributed by atoms with Crippen LogP contribution in [0.1, 0.15) is 23.1 Å². The number of aromatic nitrogens is 2. The van der Waals surface area contributed by atoms with Crippen LogP contribution < -0.4 is 4.74 Å². The first-order valence-corrected chi connectivity index (χ1v) is 7.30. The summed E-state index contributed by atoms with van der Waals surface area (Å²) in [7, 11) is 3.43. The van der Waals surface area contributed by atoms with Gasteiger partial charge < -0.3 is 9.84 Å². The largest absolute Gasteiger partial charge is 0.496 e. The van der Waals surface area contributed by atoms with Crippen LogP contribution in [0.2, 0.25) is 5.02 Å². The van der Waals surface area contributed by atoms with Gasteiger partial charge in [-0.05, 0) is 41.1 Å². The average molecular weight is 360 g/mol. The Morgan fingerprint density at radius 2 is 2.20 bits per heavy atom. The lowest BCUT2D eigenvalue weighted by molar-refractivity contribution is 0.171. The maximum atomic E-state index is 10.5. The van der Waals surface area contributed by atoms with Gasteiger partial charge in [0, 0.05) is 24.1 Å². The van der Waals surface area contributed by atoms with Crippen LogP contribution in [0.25, 0.3) is 0 Å². The van der Waals surface area contributed by atoms with E-state index in [9.17, 15) is 5.11 Å². The molecular formula is C14H16BrClN2O2. The van der Waals surface area contributed by atoms with Crippen molar-refractivity contribution < 1.29 is 9.84 Å². The summed E-state index contributed by atoms with van der Waals surface area (Å²) in [6.07, 6.45) is -0.288. The van der Waals surface area contributed by atoms with Gasteiger partial charge in [0.2, 0.25) is 0 Å². The molecule has 1 heterocycles. The second-order valence-corrected chi connectivity index (χ2v) is 5.81. The molecule has 0 fully saturated rings. The number of rotatable bonds is 4. The number of aliphatic hydroxyl groups excluding tert-OH is 1. The fourth-order valence-electron chi connectivity index (χ4n) is 2.16. The minimum Gasteiger partial charge on any atom is -0.496 e. The number of hydrogen-bond acceptors (Lipinski definition) is 3. The minimum atomic E-state index is -0.713. The van der Waals surface area contributed by atoms with Gasteiger partial charge in [0.1, 0.15) is 5.75 Å². The number of aryl methyl sites for hydroxylation is 2. The van der Waals surface area contributed by atoms with Gasteiger partial charge in [-0.2, -0.15) is 5.10 Å². The molecule has 0 bridgehead atoms. The lowest BCUT2D eigenvalue weighted by atomic mass is 10.0. The van der Waals surface area contributed by atoms with Gasteiger partial charge in [0.05, 0.1) is 29.1 Å². The molecule has 20 heavy (non-hydrogen) atoms. The summed E-state index contributed by atoms with van der Waals surface area (Å²) < 4.78 is 7.95. The Morgan fingerprint density at radius 3 is 2.75 bits per heavy atom. The van der Waals surface area contributed by atoms with Crippen LogP contribution in [-0.4, -0.2) is 22.0 Å². The molecule has 1 N–H and O–H groups in total. The summed E-state index contributed by atoms with van der Waals surface area (Å²) in [5.41, 5.74) is 2.50. The summed E-state index contributed by atoms with van der Waals surface area (Å²) in [5, 5.41) is 15.4. The first-order valence-electron chi connectivity index (χ1n) is 6.13. The fourth-order valence-corrected chi connectivity index (χ4v) is 2.84. The molecule has 0 aliphatic rings. The minimum absolute atomic E-state index is 0.425. The molecule has 0 aliphatic carbocycles. The molecule has 0 radical (unpaired) electrons. The van der Waals surface area contributed by atoms with E-state index in [4.69, 9.17) is 16.3 Å². The summed E-state index contributed by atoms with van der Waals surface area (Å²) in [6.45, 7) is 1.92. The number of aliphatic hydroxyl groups is 1. The SMILES string of the molecule is COc1ccc(Cl)cc1C(O)Cc1c(Br)c(C)nn1C. The Morgan fingerprint density at radius 1 is 1.50 bits per heavy atom. The second kappa shape index (κ2) is 6.16. The van der Waals surface area contributed by atoms with E-state index < -0.39 is 6.10 Å². The molecule has 0 saturated heterocycles. The molecule has 0 amide bonds. The molecule has 4 nitrogen and oxygen atoms in total. The Labute approximate surface area is 131 Å². The third-order valence-electron chi connectivity index (χ3n) is 3.20. The highest BCUT2D eigenvalue weighted by molar-refractivity contribution is 9.10. The predicted octanol–water partition coefficient (Wildman–Crippen LogP) is 3.43. The Hall–Kier alpha value is -1.04. The lowest BCUT2D eigenvalue weighted by Gasteiger charge is -2.15. The summed E-state index contributed by atoms with van der Waals surface area (Å²) in [4.78, 5) is 0. The molecule has 0 aliphatic heterocycles. The zero-order valence-electron chi connectivity index (χ0n) is 11.5. The van der Waals surface area contributed by atoms with Gasteiger partial charge in [-0.25, -0.2) is 0 Å². The molecule has 2 aromatic rings. The molecule has 0 saturated carbocycles. The zero-order valence-corrected chi connectivity index (χ0v) is 13.9. The Kier molecular flexibility index (Phi) is 4.73. The van der Waals surface area contributed by atoms with Crippen LogP contribution >= 0.6 is 27.5 Å². The van der Waals surface area contributed by atoms with Gasteiger partial charge in [-0.15, -0.1) is 0 Å². The van der Waals surface area contributed by atoms with E-state index in [1.54, 1.807) is 30.0 Å². The van der Waals surface area contributed by atoms with E-state index >= 15 is 0 Å². The summed E-state index contributed by atoms with van der Waals surface area (Å²) in [6, 6.07) is 5.22. The highest BCUT2D eigenvalue weighted by Gasteiger charge is 2.19. The van der Waals surface area contributed by atoms with E-state index in [1.165, 1.54) is 0 Å². The first-order chi connectivity index (χ1) is 9.43. The lowest BCUT2D eigenvalue weighted by Crippen LogP contribution is -2.08. The summed E-state index contributed by atoms with van der Waals surface area (Å²) in [5.74, 6) is 0.622. The van der Waals surface area contributed by atoms with Crippen molar-refractivity contribution in [3.8, 4) is 5.75 Å².